The monoisotopic (exact) mass is 341 g/mol. The molecule has 0 aliphatic carbocycles. The van der Waals surface area contributed by atoms with Gasteiger partial charge < -0.3 is 5.32 Å². The zero-order valence-electron chi connectivity index (χ0n) is 13.0. The molecule has 0 aliphatic rings. The smallest absolute Gasteiger partial charge is 0.278 e. The summed E-state index contributed by atoms with van der Waals surface area (Å²) in [5.41, 5.74) is 0.676. The Morgan fingerprint density at radius 3 is 2.72 bits per heavy atom. The Bertz CT molecular complexity index is 970. The number of non-ortho nitro benzene ring substituents is 1. The van der Waals surface area contributed by atoms with Gasteiger partial charge in [0, 0.05) is 12.1 Å². The van der Waals surface area contributed by atoms with Crippen LogP contribution in [0.25, 0.3) is 5.69 Å². The average Bonchev–Trinajstić information content (AvgIpc) is 2.98. The number of rotatable bonds is 4. The summed E-state index contributed by atoms with van der Waals surface area (Å²) in [5, 5.41) is 21.0. The molecule has 8 nitrogen and oxygen atoms in total. The molecule has 2 aromatic carbocycles. The van der Waals surface area contributed by atoms with Crippen LogP contribution in [0, 0.1) is 22.9 Å². The summed E-state index contributed by atoms with van der Waals surface area (Å²) >= 11 is 0. The van der Waals surface area contributed by atoms with E-state index >= 15 is 0 Å². The summed E-state index contributed by atoms with van der Waals surface area (Å²) in [4.78, 5) is 22.7. The molecule has 0 unspecified atom stereocenters. The van der Waals surface area contributed by atoms with E-state index in [4.69, 9.17) is 0 Å². The van der Waals surface area contributed by atoms with Crippen molar-refractivity contribution in [2.24, 2.45) is 0 Å². The highest BCUT2D eigenvalue weighted by Crippen LogP contribution is 2.19. The Morgan fingerprint density at radius 2 is 2.00 bits per heavy atom. The number of aromatic nitrogens is 3. The molecule has 0 saturated carbocycles. The number of halogens is 1. The summed E-state index contributed by atoms with van der Waals surface area (Å²) in [6.07, 6.45) is 0. The standard InChI is InChI=1S/C16H12FN5O3/c1-10-15(16(23)18-14-8-3-2-7-13(14)17)19-20-21(10)11-5-4-6-12(9-11)22(24)25/h2-9H,1H3,(H,18,23). The lowest BCUT2D eigenvalue weighted by Crippen LogP contribution is -2.15. The third kappa shape index (κ3) is 3.20. The first-order valence-corrected chi connectivity index (χ1v) is 7.20. The van der Waals surface area contributed by atoms with E-state index in [-0.39, 0.29) is 17.1 Å². The van der Waals surface area contributed by atoms with Crippen LogP contribution in [0.1, 0.15) is 16.2 Å². The molecular formula is C16H12FN5O3. The van der Waals surface area contributed by atoms with Gasteiger partial charge in [-0.15, -0.1) is 5.10 Å². The van der Waals surface area contributed by atoms with E-state index in [0.717, 1.165) is 0 Å². The summed E-state index contributed by atoms with van der Waals surface area (Å²) in [6.45, 7) is 1.59. The lowest BCUT2D eigenvalue weighted by atomic mass is 10.2. The number of carbonyl (C=O) groups excluding carboxylic acids is 1. The molecular weight excluding hydrogens is 329 g/mol. The molecule has 126 valence electrons. The van der Waals surface area contributed by atoms with Crippen LogP contribution in [0.4, 0.5) is 15.8 Å². The average molecular weight is 341 g/mol. The normalized spacial score (nSPS) is 10.5. The predicted molar refractivity (Wildman–Crippen MR) is 87.1 cm³/mol. The maximum Gasteiger partial charge on any atom is 0.278 e. The number of benzene rings is 2. The van der Waals surface area contributed by atoms with Crippen molar-refractivity contribution in [2.75, 3.05) is 5.32 Å². The van der Waals surface area contributed by atoms with Crippen molar-refractivity contribution in [1.29, 1.82) is 0 Å². The summed E-state index contributed by atoms with van der Waals surface area (Å²) in [7, 11) is 0. The molecule has 0 aliphatic heterocycles. The van der Waals surface area contributed by atoms with Crippen molar-refractivity contribution in [3.8, 4) is 5.69 Å². The van der Waals surface area contributed by atoms with Crippen LogP contribution >= 0.6 is 0 Å². The number of carbonyl (C=O) groups is 1. The van der Waals surface area contributed by atoms with E-state index in [1.54, 1.807) is 19.1 Å². The van der Waals surface area contributed by atoms with Crippen LogP contribution in [-0.2, 0) is 0 Å². The zero-order valence-corrected chi connectivity index (χ0v) is 13.0. The first kappa shape index (κ1) is 16.2. The fourth-order valence-corrected chi connectivity index (χ4v) is 2.27. The van der Waals surface area contributed by atoms with Crippen LogP contribution in [-0.4, -0.2) is 25.8 Å². The number of nitro benzene ring substituents is 1. The molecule has 9 heteroatoms. The molecule has 0 radical (unpaired) electrons. The van der Waals surface area contributed by atoms with Crippen LogP contribution in [0.5, 0.6) is 0 Å². The van der Waals surface area contributed by atoms with Crippen LogP contribution in [0.2, 0.25) is 0 Å². The van der Waals surface area contributed by atoms with Crippen LogP contribution in [0.15, 0.2) is 48.5 Å². The van der Waals surface area contributed by atoms with E-state index < -0.39 is 16.6 Å². The third-order valence-corrected chi connectivity index (χ3v) is 3.52. The highest BCUT2D eigenvalue weighted by atomic mass is 19.1. The van der Waals surface area contributed by atoms with Gasteiger partial charge in [0.15, 0.2) is 5.69 Å². The third-order valence-electron chi connectivity index (χ3n) is 3.52. The van der Waals surface area contributed by atoms with Gasteiger partial charge >= 0.3 is 0 Å². The minimum absolute atomic E-state index is 0.00485. The number of para-hydroxylation sites is 1. The van der Waals surface area contributed by atoms with Crippen LogP contribution in [0.3, 0.4) is 0 Å². The van der Waals surface area contributed by atoms with Crippen molar-refractivity contribution in [2.45, 2.75) is 6.92 Å². The molecule has 25 heavy (non-hydrogen) atoms. The summed E-state index contributed by atoms with van der Waals surface area (Å²) in [6, 6.07) is 11.5. The van der Waals surface area contributed by atoms with Crippen molar-refractivity contribution >= 4 is 17.3 Å². The van der Waals surface area contributed by atoms with Gasteiger partial charge in [-0.3, -0.25) is 14.9 Å². The Labute approximate surface area is 141 Å². The highest BCUT2D eigenvalue weighted by molar-refractivity contribution is 6.03. The second-order valence-corrected chi connectivity index (χ2v) is 5.15. The Hall–Kier alpha value is -3.62. The minimum atomic E-state index is -0.626. The van der Waals surface area contributed by atoms with E-state index in [0.29, 0.717) is 11.4 Å². The van der Waals surface area contributed by atoms with E-state index in [1.165, 1.54) is 41.1 Å². The van der Waals surface area contributed by atoms with Gasteiger partial charge in [-0.1, -0.05) is 23.4 Å². The molecule has 0 bridgehead atoms. The largest absolute Gasteiger partial charge is 0.318 e. The molecule has 3 aromatic rings. The number of nitrogens with one attached hydrogen (secondary N) is 1. The number of nitrogens with zero attached hydrogens (tertiary/aromatic N) is 4. The molecule has 0 fully saturated rings. The number of amides is 1. The minimum Gasteiger partial charge on any atom is -0.318 e. The fourth-order valence-electron chi connectivity index (χ4n) is 2.27. The van der Waals surface area contributed by atoms with Crippen molar-refractivity contribution in [3.05, 3.63) is 75.9 Å². The number of hydrogen-bond acceptors (Lipinski definition) is 5. The topological polar surface area (TPSA) is 103 Å². The molecule has 1 amide bonds. The molecule has 3 rings (SSSR count). The lowest BCUT2D eigenvalue weighted by molar-refractivity contribution is -0.384. The molecule has 0 spiro atoms. The van der Waals surface area contributed by atoms with Crippen molar-refractivity contribution in [3.63, 3.8) is 0 Å². The Morgan fingerprint density at radius 1 is 1.24 bits per heavy atom. The number of anilines is 1. The second kappa shape index (κ2) is 6.48. The first-order chi connectivity index (χ1) is 12.0. The van der Waals surface area contributed by atoms with Gasteiger partial charge in [-0.2, -0.15) is 0 Å². The van der Waals surface area contributed by atoms with Crippen LogP contribution < -0.4 is 5.32 Å². The molecule has 0 atom stereocenters. The fraction of sp³-hybridized carbons (Fsp3) is 0.0625. The maximum atomic E-state index is 13.6. The second-order valence-electron chi connectivity index (χ2n) is 5.15. The van der Waals surface area contributed by atoms with E-state index in [9.17, 15) is 19.3 Å². The lowest BCUT2D eigenvalue weighted by Gasteiger charge is -2.06. The quantitative estimate of drug-likeness (QED) is 0.580. The number of hydrogen-bond donors (Lipinski definition) is 1. The van der Waals surface area contributed by atoms with E-state index in [2.05, 4.69) is 15.6 Å². The molecule has 1 N–H and O–H groups in total. The van der Waals surface area contributed by atoms with Gasteiger partial charge in [-0.05, 0) is 25.1 Å². The van der Waals surface area contributed by atoms with Crippen molar-refractivity contribution in [1.82, 2.24) is 15.0 Å². The molecule has 0 saturated heterocycles. The summed E-state index contributed by atoms with van der Waals surface area (Å²) < 4.78 is 14.9. The maximum absolute atomic E-state index is 13.6. The predicted octanol–water partition coefficient (Wildman–Crippen LogP) is 2.88. The SMILES string of the molecule is Cc1c(C(=O)Nc2ccccc2F)nnn1-c1cccc([N+](=O)[O-])c1. The van der Waals surface area contributed by atoms with Gasteiger partial charge in [0.05, 0.1) is 22.0 Å². The zero-order chi connectivity index (χ0) is 18.0. The van der Waals surface area contributed by atoms with Gasteiger partial charge in [0.2, 0.25) is 0 Å². The Balaban J connectivity index is 1.91. The first-order valence-electron chi connectivity index (χ1n) is 7.20. The van der Waals surface area contributed by atoms with Gasteiger partial charge in [0.25, 0.3) is 11.6 Å². The Kier molecular flexibility index (Phi) is 4.21. The molecule has 1 aromatic heterocycles. The highest BCUT2D eigenvalue weighted by Gasteiger charge is 2.19. The summed E-state index contributed by atoms with van der Waals surface area (Å²) in [5.74, 6) is -1.20. The van der Waals surface area contributed by atoms with Crippen molar-refractivity contribution < 1.29 is 14.1 Å². The molecule has 1 heterocycles. The number of nitro groups is 1. The van der Waals surface area contributed by atoms with Gasteiger partial charge in [-0.25, -0.2) is 9.07 Å². The van der Waals surface area contributed by atoms with Gasteiger partial charge in [0.1, 0.15) is 5.82 Å². The van der Waals surface area contributed by atoms with E-state index in [1.807, 2.05) is 0 Å².